The van der Waals surface area contributed by atoms with Gasteiger partial charge in [-0.2, -0.15) is 0 Å². The summed E-state index contributed by atoms with van der Waals surface area (Å²) in [5.41, 5.74) is 6.87. The minimum Gasteiger partial charge on any atom is -0.346 e. The summed E-state index contributed by atoms with van der Waals surface area (Å²) in [6.45, 7) is 11.0. The molecule has 2 unspecified atom stereocenters. The number of rotatable bonds is 4. The molecule has 1 saturated heterocycles. The fraction of sp³-hybridized carbons (Fsp3) is 0.769. The van der Waals surface area contributed by atoms with E-state index in [9.17, 15) is 0 Å². The lowest BCUT2D eigenvalue weighted by atomic mass is 10.2. The van der Waals surface area contributed by atoms with Crippen molar-refractivity contribution >= 4 is 16.5 Å². The summed E-state index contributed by atoms with van der Waals surface area (Å²) in [6.07, 6.45) is 1.23. The lowest BCUT2D eigenvalue weighted by Gasteiger charge is -2.37. The van der Waals surface area contributed by atoms with Crippen LogP contribution < -0.4 is 10.6 Å². The van der Waals surface area contributed by atoms with Gasteiger partial charge in [-0.1, -0.05) is 6.92 Å². The number of hydrogen-bond donors (Lipinski definition) is 1. The highest BCUT2D eigenvalue weighted by atomic mass is 32.1. The summed E-state index contributed by atoms with van der Waals surface area (Å²) in [4.78, 5) is 9.57. The summed E-state index contributed by atoms with van der Waals surface area (Å²) in [5.74, 6) is 0. The van der Waals surface area contributed by atoms with Crippen molar-refractivity contribution in [3.05, 3.63) is 11.1 Å². The first-order valence-electron chi connectivity index (χ1n) is 6.81. The normalized spacial score (nSPS) is 21.0. The Labute approximate surface area is 114 Å². The van der Waals surface area contributed by atoms with Gasteiger partial charge in [0.05, 0.1) is 5.69 Å². The number of hydrogen-bond acceptors (Lipinski definition) is 5. The van der Waals surface area contributed by atoms with E-state index in [0.717, 1.165) is 37.0 Å². The minimum atomic E-state index is 0.0383. The number of anilines is 1. The van der Waals surface area contributed by atoms with Crippen LogP contribution in [0.1, 0.15) is 38.9 Å². The van der Waals surface area contributed by atoms with E-state index < -0.39 is 0 Å². The molecular formula is C13H24N4S. The Kier molecular flexibility index (Phi) is 4.59. The van der Waals surface area contributed by atoms with Crippen LogP contribution in [0.25, 0.3) is 0 Å². The summed E-state index contributed by atoms with van der Waals surface area (Å²) in [5, 5.41) is 3.22. The molecule has 2 heterocycles. The zero-order valence-electron chi connectivity index (χ0n) is 11.6. The first-order valence-corrected chi connectivity index (χ1v) is 7.69. The zero-order valence-corrected chi connectivity index (χ0v) is 12.4. The van der Waals surface area contributed by atoms with E-state index in [4.69, 9.17) is 5.73 Å². The van der Waals surface area contributed by atoms with E-state index in [0.29, 0.717) is 6.04 Å². The van der Waals surface area contributed by atoms with E-state index in [1.165, 1.54) is 6.42 Å². The van der Waals surface area contributed by atoms with Gasteiger partial charge in [-0.3, -0.25) is 4.90 Å². The van der Waals surface area contributed by atoms with Gasteiger partial charge in [0.2, 0.25) is 0 Å². The van der Waals surface area contributed by atoms with Crippen LogP contribution in [0.5, 0.6) is 0 Å². The van der Waals surface area contributed by atoms with Crippen LogP contribution in [0, 0.1) is 0 Å². The highest BCUT2D eigenvalue weighted by Gasteiger charge is 2.22. The van der Waals surface area contributed by atoms with Crippen molar-refractivity contribution in [2.24, 2.45) is 5.73 Å². The molecule has 1 aliphatic heterocycles. The maximum Gasteiger partial charge on any atom is 0.185 e. The van der Waals surface area contributed by atoms with Crippen LogP contribution in [0.4, 0.5) is 5.13 Å². The van der Waals surface area contributed by atoms with Gasteiger partial charge >= 0.3 is 0 Å². The fourth-order valence-electron chi connectivity index (χ4n) is 2.24. The molecule has 2 N–H and O–H groups in total. The fourth-order valence-corrected chi connectivity index (χ4v) is 3.23. The summed E-state index contributed by atoms with van der Waals surface area (Å²) in [7, 11) is 0. The van der Waals surface area contributed by atoms with Gasteiger partial charge in [0.25, 0.3) is 0 Å². The average Bonchev–Trinajstić information content (AvgIpc) is 2.88. The number of nitrogens with zero attached hydrogens (tertiary/aromatic N) is 3. The summed E-state index contributed by atoms with van der Waals surface area (Å²) >= 11 is 1.72. The van der Waals surface area contributed by atoms with Gasteiger partial charge in [-0.05, 0) is 20.3 Å². The molecule has 0 radical (unpaired) electrons. The van der Waals surface area contributed by atoms with Crippen LogP contribution in [0.3, 0.4) is 0 Å². The Bertz CT molecular complexity index is 369. The van der Waals surface area contributed by atoms with Crippen LogP contribution in [-0.2, 0) is 0 Å². The zero-order chi connectivity index (χ0) is 13.1. The number of aromatic nitrogens is 1. The van der Waals surface area contributed by atoms with Gasteiger partial charge < -0.3 is 10.6 Å². The minimum absolute atomic E-state index is 0.0383. The van der Waals surface area contributed by atoms with Gasteiger partial charge in [0.15, 0.2) is 5.13 Å². The highest BCUT2D eigenvalue weighted by Crippen LogP contribution is 2.24. The second-order valence-corrected chi connectivity index (χ2v) is 5.96. The number of nitrogens with two attached hydrogens (primary N) is 1. The highest BCUT2D eigenvalue weighted by molar-refractivity contribution is 7.13. The average molecular weight is 268 g/mol. The second kappa shape index (κ2) is 5.99. The second-order valence-electron chi connectivity index (χ2n) is 5.12. The Morgan fingerprint density at radius 1 is 1.33 bits per heavy atom. The molecule has 0 saturated carbocycles. The molecule has 1 aromatic heterocycles. The third kappa shape index (κ3) is 3.02. The molecule has 4 nitrogen and oxygen atoms in total. The van der Waals surface area contributed by atoms with E-state index in [1.807, 2.05) is 6.92 Å². The van der Waals surface area contributed by atoms with Gasteiger partial charge in [-0.15, -0.1) is 11.3 Å². The molecule has 18 heavy (non-hydrogen) atoms. The largest absolute Gasteiger partial charge is 0.346 e. The third-order valence-corrected chi connectivity index (χ3v) is 4.69. The lowest BCUT2D eigenvalue weighted by molar-refractivity contribution is 0.193. The smallest absolute Gasteiger partial charge is 0.185 e. The Balaban J connectivity index is 1.92. The van der Waals surface area contributed by atoms with Crippen LogP contribution in [-0.4, -0.2) is 42.1 Å². The van der Waals surface area contributed by atoms with Gasteiger partial charge in [0, 0.05) is 43.6 Å². The van der Waals surface area contributed by atoms with Crippen LogP contribution >= 0.6 is 11.3 Å². The Morgan fingerprint density at radius 2 is 2.00 bits per heavy atom. The maximum absolute atomic E-state index is 5.85. The first kappa shape index (κ1) is 13.8. The molecule has 0 aromatic carbocycles. The molecule has 1 aliphatic rings. The third-order valence-electron chi connectivity index (χ3n) is 3.78. The molecule has 5 heteroatoms. The molecule has 0 aliphatic carbocycles. The van der Waals surface area contributed by atoms with Crippen molar-refractivity contribution in [2.75, 3.05) is 31.1 Å². The predicted molar refractivity (Wildman–Crippen MR) is 78.3 cm³/mol. The summed E-state index contributed by atoms with van der Waals surface area (Å²) < 4.78 is 0. The molecule has 102 valence electrons. The molecule has 2 rings (SSSR count). The molecule has 0 bridgehead atoms. The SMILES string of the molecule is CCC(C)N1CCN(c2nc(C(C)N)cs2)CC1. The monoisotopic (exact) mass is 268 g/mol. The van der Waals surface area contributed by atoms with Crippen LogP contribution in [0.15, 0.2) is 5.38 Å². The molecular weight excluding hydrogens is 244 g/mol. The molecule has 1 fully saturated rings. The topological polar surface area (TPSA) is 45.4 Å². The first-order chi connectivity index (χ1) is 8.61. The number of piperazine rings is 1. The molecule has 2 atom stereocenters. The number of thiazole rings is 1. The van der Waals surface area contributed by atoms with Crippen molar-refractivity contribution in [2.45, 2.75) is 39.3 Å². The van der Waals surface area contributed by atoms with Gasteiger partial charge in [-0.25, -0.2) is 4.98 Å². The van der Waals surface area contributed by atoms with Crippen molar-refractivity contribution in [3.8, 4) is 0 Å². The molecule has 0 amide bonds. The Morgan fingerprint density at radius 3 is 2.50 bits per heavy atom. The van der Waals surface area contributed by atoms with Crippen molar-refractivity contribution in [3.63, 3.8) is 0 Å². The lowest BCUT2D eigenvalue weighted by Crippen LogP contribution is -2.49. The maximum atomic E-state index is 5.85. The van der Waals surface area contributed by atoms with E-state index in [-0.39, 0.29) is 6.04 Å². The van der Waals surface area contributed by atoms with E-state index in [2.05, 4.69) is 34.0 Å². The van der Waals surface area contributed by atoms with Crippen molar-refractivity contribution in [1.82, 2.24) is 9.88 Å². The van der Waals surface area contributed by atoms with Crippen LogP contribution in [0.2, 0.25) is 0 Å². The van der Waals surface area contributed by atoms with E-state index >= 15 is 0 Å². The summed E-state index contributed by atoms with van der Waals surface area (Å²) in [6, 6.07) is 0.736. The quantitative estimate of drug-likeness (QED) is 0.908. The standard InChI is InChI=1S/C13H24N4S/c1-4-10(2)16-5-7-17(8-6-16)13-15-12(9-18-13)11(3)14/h9-11H,4-8,14H2,1-3H3. The molecule has 0 spiro atoms. The van der Waals surface area contributed by atoms with Crippen molar-refractivity contribution < 1.29 is 0 Å². The van der Waals surface area contributed by atoms with Crippen molar-refractivity contribution in [1.29, 1.82) is 0 Å². The van der Waals surface area contributed by atoms with Gasteiger partial charge in [0.1, 0.15) is 0 Å². The Hall–Kier alpha value is -0.650. The predicted octanol–water partition coefficient (Wildman–Crippen LogP) is 2.08. The molecule has 1 aromatic rings. The van der Waals surface area contributed by atoms with E-state index in [1.54, 1.807) is 11.3 Å².